The van der Waals surface area contributed by atoms with Crippen molar-refractivity contribution in [2.45, 2.75) is 19.4 Å². The molecule has 1 aromatic rings. The second-order valence-corrected chi connectivity index (χ2v) is 3.82. The predicted molar refractivity (Wildman–Crippen MR) is 60.1 cm³/mol. The van der Waals surface area contributed by atoms with Crippen molar-refractivity contribution in [3.8, 4) is 0 Å². The number of hydrogen-bond acceptors (Lipinski definition) is 2. The molecule has 0 atom stereocenters. The highest BCUT2D eigenvalue weighted by Gasteiger charge is 2.05. The Bertz CT molecular complexity index is 355. The van der Waals surface area contributed by atoms with Crippen molar-refractivity contribution in [3.63, 3.8) is 0 Å². The zero-order chi connectivity index (χ0) is 11.3. The number of aliphatic carboxylic acids is 1. The average molecular weight is 248 g/mol. The maximum absolute atomic E-state index is 10.5. The Hall–Kier alpha value is -0.770. The zero-order valence-electron chi connectivity index (χ0n) is 7.96. The van der Waals surface area contributed by atoms with E-state index in [2.05, 4.69) is 4.84 Å². The lowest BCUT2D eigenvalue weighted by Gasteiger charge is -2.07. The molecule has 0 bridgehead atoms. The Morgan fingerprint density at radius 3 is 2.73 bits per heavy atom. The van der Waals surface area contributed by atoms with Crippen LogP contribution in [0.2, 0.25) is 5.02 Å². The Morgan fingerprint density at radius 2 is 2.13 bits per heavy atom. The topological polar surface area (TPSA) is 49.3 Å². The van der Waals surface area contributed by atoms with Gasteiger partial charge < -0.3 is 5.11 Å². The first-order chi connectivity index (χ1) is 7.13. The summed E-state index contributed by atoms with van der Waals surface area (Å²) >= 11 is 11.2. The van der Waals surface area contributed by atoms with Crippen molar-refractivity contribution in [3.05, 3.63) is 34.3 Å². The molecule has 0 radical (unpaired) electrons. The van der Waals surface area contributed by atoms with Gasteiger partial charge in [-0.25, -0.2) is 4.84 Å². The molecule has 0 saturated carbocycles. The number of carboxylic acid groups (broad SMARTS) is 1. The number of halogens is 2. The van der Waals surface area contributed by atoms with Gasteiger partial charge in [0, 0.05) is 18.0 Å². The number of benzene rings is 1. The summed E-state index contributed by atoms with van der Waals surface area (Å²) in [5.41, 5.74) is 1.88. The molecule has 3 nitrogen and oxygen atoms in total. The summed E-state index contributed by atoms with van der Waals surface area (Å²) in [5.74, 6) is -0.820. The van der Waals surface area contributed by atoms with Gasteiger partial charge in [0.1, 0.15) is 0 Å². The summed E-state index contributed by atoms with van der Waals surface area (Å²) in [7, 11) is 0. The molecule has 0 fully saturated rings. The van der Waals surface area contributed by atoms with Crippen molar-refractivity contribution in [2.75, 3.05) is 0 Å². The minimum atomic E-state index is -0.820. The van der Waals surface area contributed by atoms with Crippen LogP contribution in [0.1, 0.15) is 17.5 Å². The van der Waals surface area contributed by atoms with Crippen molar-refractivity contribution < 1.29 is 9.90 Å². The number of hydrogen-bond donors (Lipinski definition) is 2. The molecule has 0 aromatic heterocycles. The molecular weight excluding hydrogens is 237 g/mol. The molecule has 0 saturated heterocycles. The fraction of sp³-hybridized carbons (Fsp3) is 0.300. The van der Waals surface area contributed by atoms with Gasteiger partial charge in [0.2, 0.25) is 0 Å². The van der Waals surface area contributed by atoms with Crippen LogP contribution in [0.5, 0.6) is 0 Å². The third-order valence-corrected chi connectivity index (χ3v) is 2.40. The third-order valence-electron chi connectivity index (χ3n) is 2.03. The minimum absolute atomic E-state index is 0.0929. The number of carbonyl (C=O) groups is 1. The van der Waals surface area contributed by atoms with Gasteiger partial charge in [0.05, 0.1) is 0 Å². The molecule has 82 valence electrons. The van der Waals surface area contributed by atoms with Gasteiger partial charge in [-0.15, -0.1) is 0 Å². The molecular formula is C10H11Cl2NO2. The zero-order valence-corrected chi connectivity index (χ0v) is 9.48. The molecule has 0 heterocycles. The van der Waals surface area contributed by atoms with E-state index in [9.17, 15) is 4.79 Å². The number of aryl methyl sites for hydroxylation is 1. The summed E-state index contributed by atoms with van der Waals surface area (Å²) in [6.07, 6.45) is 0.555. The van der Waals surface area contributed by atoms with Crippen molar-refractivity contribution in [2.24, 2.45) is 0 Å². The molecule has 0 aliphatic heterocycles. The van der Waals surface area contributed by atoms with Crippen LogP contribution in [0.25, 0.3) is 0 Å². The minimum Gasteiger partial charge on any atom is -0.481 e. The number of nitrogens with one attached hydrogen (secondary N) is 1. The van der Waals surface area contributed by atoms with Gasteiger partial charge in [-0.3, -0.25) is 4.79 Å². The molecule has 1 aromatic carbocycles. The molecule has 5 heteroatoms. The highest BCUT2D eigenvalue weighted by molar-refractivity contribution is 6.30. The first kappa shape index (κ1) is 12.3. The summed E-state index contributed by atoms with van der Waals surface area (Å²) in [5, 5.41) is 9.20. The van der Waals surface area contributed by atoms with E-state index in [1.54, 1.807) is 12.1 Å². The molecule has 0 aliphatic carbocycles. The molecule has 0 unspecified atom stereocenters. The van der Waals surface area contributed by atoms with Gasteiger partial charge >= 0.3 is 5.97 Å². The van der Waals surface area contributed by atoms with E-state index in [0.717, 1.165) is 11.1 Å². The van der Waals surface area contributed by atoms with Crippen LogP contribution < -0.4 is 4.84 Å². The quantitative estimate of drug-likeness (QED) is 0.787. The molecule has 2 N–H and O–H groups in total. The molecule has 15 heavy (non-hydrogen) atoms. The molecule has 0 spiro atoms. The fourth-order valence-electron chi connectivity index (χ4n) is 1.31. The highest BCUT2D eigenvalue weighted by Crippen LogP contribution is 2.17. The van der Waals surface area contributed by atoms with Gasteiger partial charge in [-0.2, -0.15) is 0 Å². The first-order valence-electron chi connectivity index (χ1n) is 4.46. The molecule has 0 amide bonds. The van der Waals surface area contributed by atoms with E-state index < -0.39 is 5.97 Å². The Balaban J connectivity index is 2.81. The summed E-state index contributed by atoms with van der Waals surface area (Å²) < 4.78 is 0. The number of rotatable bonds is 5. The maximum Gasteiger partial charge on any atom is 0.303 e. The van der Waals surface area contributed by atoms with Gasteiger partial charge in [-0.1, -0.05) is 17.7 Å². The third kappa shape index (κ3) is 4.08. The molecule has 1 rings (SSSR count). The van der Waals surface area contributed by atoms with Gasteiger partial charge in [0.15, 0.2) is 0 Å². The van der Waals surface area contributed by atoms with E-state index in [-0.39, 0.29) is 6.42 Å². The van der Waals surface area contributed by atoms with Crippen molar-refractivity contribution >= 4 is 29.3 Å². The lowest BCUT2D eigenvalue weighted by molar-refractivity contribution is -0.136. The van der Waals surface area contributed by atoms with Crippen LogP contribution in [0.15, 0.2) is 18.2 Å². The normalized spacial score (nSPS) is 10.3. The van der Waals surface area contributed by atoms with Gasteiger partial charge in [-0.05, 0) is 41.5 Å². The standard InChI is InChI=1S/C10H11Cl2NO2/c11-9-3-1-8(6-13-12)7(5-9)2-4-10(14)15/h1,3,5,13H,2,4,6H2,(H,14,15). The summed E-state index contributed by atoms with van der Waals surface area (Å²) in [6, 6.07) is 5.37. The van der Waals surface area contributed by atoms with Crippen LogP contribution in [-0.2, 0) is 17.8 Å². The predicted octanol–water partition coefficient (Wildman–Crippen LogP) is 2.60. The van der Waals surface area contributed by atoms with E-state index in [1.165, 1.54) is 0 Å². The van der Waals surface area contributed by atoms with Crippen molar-refractivity contribution in [1.29, 1.82) is 0 Å². The highest BCUT2D eigenvalue weighted by atomic mass is 35.5. The lowest BCUT2D eigenvalue weighted by Crippen LogP contribution is -2.05. The summed E-state index contributed by atoms with van der Waals surface area (Å²) in [6.45, 7) is 0.494. The lowest BCUT2D eigenvalue weighted by atomic mass is 10.0. The van der Waals surface area contributed by atoms with Crippen LogP contribution in [-0.4, -0.2) is 11.1 Å². The monoisotopic (exact) mass is 247 g/mol. The van der Waals surface area contributed by atoms with E-state index in [1.807, 2.05) is 6.07 Å². The van der Waals surface area contributed by atoms with Crippen LogP contribution in [0.4, 0.5) is 0 Å². The van der Waals surface area contributed by atoms with E-state index >= 15 is 0 Å². The van der Waals surface area contributed by atoms with Gasteiger partial charge in [0.25, 0.3) is 0 Å². The second kappa shape index (κ2) is 5.95. The first-order valence-corrected chi connectivity index (χ1v) is 5.21. The van der Waals surface area contributed by atoms with Crippen molar-refractivity contribution in [1.82, 2.24) is 4.84 Å². The van der Waals surface area contributed by atoms with Crippen LogP contribution in [0, 0.1) is 0 Å². The van der Waals surface area contributed by atoms with E-state index in [4.69, 9.17) is 28.5 Å². The molecule has 0 aliphatic rings. The Labute approximate surface area is 98.1 Å². The Kier molecular flexibility index (Phi) is 4.88. The fourth-order valence-corrected chi connectivity index (χ4v) is 1.65. The van der Waals surface area contributed by atoms with Crippen LogP contribution >= 0.6 is 23.4 Å². The second-order valence-electron chi connectivity index (χ2n) is 3.12. The van der Waals surface area contributed by atoms with Crippen LogP contribution in [0.3, 0.4) is 0 Å². The Morgan fingerprint density at radius 1 is 1.40 bits per heavy atom. The maximum atomic E-state index is 10.5. The van der Waals surface area contributed by atoms with E-state index in [0.29, 0.717) is 18.0 Å². The average Bonchev–Trinajstić information content (AvgIpc) is 2.18. The smallest absolute Gasteiger partial charge is 0.303 e. The SMILES string of the molecule is O=C(O)CCc1cc(Cl)ccc1CNCl. The summed E-state index contributed by atoms with van der Waals surface area (Å²) in [4.78, 5) is 13.0. The number of carboxylic acids is 1. The largest absolute Gasteiger partial charge is 0.481 e.